The Bertz CT molecular complexity index is 970. The van der Waals surface area contributed by atoms with E-state index in [1.807, 2.05) is 4.90 Å². The molecule has 4 atom stereocenters. The summed E-state index contributed by atoms with van der Waals surface area (Å²) in [6.45, 7) is 2.07. The number of hydrogen-bond acceptors (Lipinski definition) is 6. The Hall–Kier alpha value is -2.58. The highest BCUT2D eigenvalue weighted by atomic mass is 19.1. The highest BCUT2D eigenvalue weighted by molar-refractivity contribution is 6.06. The van der Waals surface area contributed by atoms with Crippen LogP contribution in [-0.2, 0) is 4.79 Å². The van der Waals surface area contributed by atoms with Crippen LogP contribution in [0.1, 0.15) is 64.7 Å². The Kier molecular flexibility index (Phi) is 5.58. The number of carbonyl (C=O) groups excluding carboxylic acids is 1. The first-order valence-electron chi connectivity index (χ1n) is 11.6. The summed E-state index contributed by atoms with van der Waals surface area (Å²) in [5.74, 6) is 0.666. The van der Waals surface area contributed by atoms with Crippen LogP contribution < -0.4 is 5.32 Å². The van der Waals surface area contributed by atoms with Gasteiger partial charge in [0.15, 0.2) is 11.5 Å². The fourth-order valence-corrected chi connectivity index (χ4v) is 5.44. The van der Waals surface area contributed by atoms with Gasteiger partial charge in [0.05, 0.1) is 24.3 Å². The lowest BCUT2D eigenvalue weighted by molar-refractivity contribution is -0.139. The summed E-state index contributed by atoms with van der Waals surface area (Å²) in [4.78, 5) is 36.5. The van der Waals surface area contributed by atoms with Crippen LogP contribution in [0, 0.1) is 5.92 Å². The highest BCUT2D eigenvalue weighted by Gasteiger charge is 2.48. The average Bonchev–Trinajstić information content (AvgIpc) is 3.27. The molecule has 2 fully saturated rings. The molecule has 2 aromatic heterocycles. The molecule has 166 valence electrons. The standard InChI is InChI=1S/C22H30FN7O/c1-2-15(28-20-18-19(25-11-24-18)26-12-27-20)21-29-16-10-6-9-14(23)17(16)22(31)30(21)13-7-4-3-5-8-13/h11-17H,2-10H2,1H3,(H2,24,25,26,27,28). The number of imidazole rings is 1. The Labute approximate surface area is 181 Å². The molecule has 9 heteroatoms. The van der Waals surface area contributed by atoms with Crippen molar-refractivity contribution in [2.45, 2.75) is 89.0 Å². The molecular weight excluding hydrogens is 397 g/mol. The molecule has 8 nitrogen and oxygen atoms in total. The van der Waals surface area contributed by atoms with Crippen LogP contribution in [0.3, 0.4) is 0 Å². The largest absolute Gasteiger partial charge is 0.358 e. The van der Waals surface area contributed by atoms with Gasteiger partial charge in [-0.2, -0.15) is 0 Å². The van der Waals surface area contributed by atoms with Gasteiger partial charge in [-0.15, -0.1) is 0 Å². The average molecular weight is 428 g/mol. The summed E-state index contributed by atoms with van der Waals surface area (Å²) in [5, 5.41) is 3.47. The molecule has 2 aliphatic carbocycles. The number of aliphatic imine (C=N–C) groups is 1. The number of hydrogen-bond donors (Lipinski definition) is 2. The van der Waals surface area contributed by atoms with Gasteiger partial charge < -0.3 is 10.3 Å². The number of anilines is 1. The van der Waals surface area contributed by atoms with Crippen molar-refractivity contribution < 1.29 is 9.18 Å². The number of carbonyl (C=O) groups is 1. The van der Waals surface area contributed by atoms with Crippen molar-refractivity contribution in [3.8, 4) is 0 Å². The van der Waals surface area contributed by atoms with Gasteiger partial charge in [-0.1, -0.05) is 26.2 Å². The number of rotatable bonds is 5. The third-order valence-electron chi connectivity index (χ3n) is 7.04. The zero-order valence-electron chi connectivity index (χ0n) is 17.9. The summed E-state index contributed by atoms with van der Waals surface area (Å²) in [5.41, 5.74) is 1.32. The van der Waals surface area contributed by atoms with Crippen molar-refractivity contribution in [1.82, 2.24) is 24.8 Å². The molecule has 2 aromatic rings. The van der Waals surface area contributed by atoms with Gasteiger partial charge >= 0.3 is 0 Å². The van der Waals surface area contributed by atoms with Crippen LogP contribution >= 0.6 is 0 Å². The maximum atomic E-state index is 14.8. The molecule has 0 saturated heterocycles. The molecule has 0 radical (unpaired) electrons. The zero-order chi connectivity index (χ0) is 21.4. The van der Waals surface area contributed by atoms with Crippen molar-refractivity contribution in [3.05, 3.63) is 12.7 Å². The summed E-state index contributed by atoms with van der Waals surface area (Å²) >= 11 is 0. The molecule has 31 heavy (non-hydrogen) atoms. The molecule has 1 amide bonds. The summed E-state index contributed by atoms with van der Waals surface area (Å²) < 4.78 is 14.8. The van der Waals surface area contributed by atoms with Gasteiger partial charge in [0, 0.05) is 6.04 Å². The lowest BCUT2D eigenvalue weighted by atomic mass is 9.79. The number of aromatic nitrogens is 4. The minimum atomic E-state index is -1.10. The van der Waals surface area contributed by atoms with E-state index in [1.54, 1.807) is 6.33 Å². The second-order valence-electron chi connectivity index (χ2n) is 8.95. The third-order valence-corrected chi connectivity index (χ3v) is 7.04. The van der Waals surface area contributed by atoms with E-state index in [2.05, 4.69) is 32.2 Å². The number of amidine groups is 1. The number of fused-ring (bicyclic) bond motifs is 2. The second-order valence-corrected chi connectivity index (χ2v) is 8.95. The predicted octanol–water partition coefficient (Wildman–Crippen LogP) is 3.62. The fourth-order valence-electron chi connectivity index (χ4n) is 5.44. The maximum absolute atomic E-state index is 14.8. The van der Waals surface area contributed by atoms with Crippen molar-refractivity contribution in [2.24, 2.45) is 10.9 Å². The van der Waals surface area contributed by atoms with Crippen molar-refractivity contribution in [1.29, 1.82) is 0 Å². The van der Waals surface area contributed by atoms with Gasteiger partial charge in [0.25, 0.3) is 0 Å². The maximum Gasteiger partial charge on any atom is 0.236 e. The van der Waals surface area contributed by atoms with Gasteiger partial charge in [-0.25, -0.2) is 19.3 Å². The quantitative estimate of drug-likeness (QED) is 0.759. The lowest BCUT2D eigenvalue weighted by Crippen LogP contribution is -2.60. The van der Waals surface area contributed by atoms with Crippen LogP contribution in [0.4, 0.5) is 10.2 Å². The molecule has 3 heterocycles. The molecular formula is C22H30FN7O. The summed E-state index contributed by atoms with van der Waals surface area (Å²) in [6, 6.07) is -0.374. The van der Waals surface area contributed by atoms with E-state index in [0.29, 0.717) is 23.4 Å². The first-order chi connectivity index (χ1) is 15.2. The third kappa shape index (κ3) is 3.68. The molecule has 5 rings (SSSR count). The minimum absolute atomic E-state index is 0.0676. The number of alkyl halides is 1. The van der Waals surface area contributed by atoms with Crippen LogP contribution in [0.15, 0.2) is 17.6 Å². The van der Waals surface area contributed by atoms with Crippen LogP contribution in [0.25, 0.3) is 11.2 Å². The van der Waals surface area contributed by atoms with Crippen LogP contribution in [0.2, 0.25) is 0 Å². The van der Waals surface area contributed by atoms with E-state index in [-0.39, 0.29) is 24.0 Å². The minimum Gasteiger partial charge on any atom is -0.358 e. The number of H-pyrrole nitrogens is 1. The van der Waals surface area contributed by atoms with Crippen molar-refractivity contribution in [2.75, 3.05) is 5.32 Å². The number of halogens is 1. The van der Waals surface area contributed by atoms with Gasteiger partial charge in [0.2, 0.25) is 5.91 Å². The zero-order valence-corrected chi connectivity index (χ0v) is 17.9. The molecule has 4 unspecified atom stereocenters. The SMILES string of the molecule is CCC(Nc1ncnc2[nH]cnc12)C1=NC2CCCC(F)C2C(=O)N1C1CCCCC1. The lowest BCUT2D eigenvalue weighted by Gasteiger charge is -2.46. The molecule has 3 aliphatic rings. The Morgan fingerprint density at radius 2 is 2.00 bits per heavy atom. The highest BCUT2D eigenvalue weighted by Crippen LogP contribution is 2.37. The normalized spacial score (nSPS) is 28.3. The number of amides is 1. The Morgan fingerprint density at radius 1 is 1.16 bits per heavy atom. The number of nitrogens with one attached hydrogen (secondary N) is 2. The van der Waals surface area contributed by atoms with E-state index < -0.39 is 12.1 Å². The van der Waals surface area contributed by atoms with Crippen LogP contribution in [0.5, 0.6) is 0 Å². The summed E-state index contributed by atoms with van der Waals surface area (Å²) in [6.07, 6.45) is 10.0. The Balaban J connectivity index is 1.52. The van der Waals surface area contributed by atoms with E-state index in [1.165, 1.54) is 12.7 Å². The van der Waals surface area contributed by atoms with Gasteiger partial charge in [0.1, 0.15) is 23.9 Å². The van der Waals surface area contributed by atoms with E-state index >= 15 is 0 Å². The summed E-state index contributed by atoms with van der Waals surface area (Å²) in [7, 11) is 0. The van der Waals surface area contributed by atoms with Crippen molar-refractivity contribution >= 4 is 28.7 Å². The smallest absolute Gasteiger partial charge is 0.236 e. The van der Waals surface area contributed by atoms with Crippen molar-refractivity contribution in [3.63, 3.8) is 0 Å². The number of nitrogens with zero attached hydrogens (tertiary/aromatic N) is 5. The van der Waals surface area contributed by atoms with E-state index in [4.69, 9.17) is 4.99 Å². The molecule has 2 saturated carbocycles. The van der Waals surface area contributed by atoms with Gasteiger partial charge in [-0.3, -0.25) is 14.7 Å². The van der Waals surface area contributed by atoms with Crippen LogP contribution in [-0.4, -0.2) is 60.9 Å². The predicted molar refractivity (Wildman–Crippen MR) is 117 cm³/mol. The molecule has 0 bridgehead atoms. The Morgan fingerprint density at radius 3 is 2.81 bits per heavy atom. The topological polar surface area (TPSA) is 99.2 Å². The monoisotopic (exact) mass is 427 g/mol. The second kappa shape index (κ2) is 8.51. The number of aromatic amines is 1. The van der Waals surface area contributed by atoms with E-state index in [9.17, 15) is 9.18 Å². The fraction of sp³-hybridized carbons (Fsp3) is 0.682. The first-order valence-corrected chi connectivity index (χ1v) is 11.6. The molecule has 0 spiro atoms. The molecule has 2 N–H and O–H groups in total. The molecule has 1 aliphatic heterocycles. The van der Waals surface area contributed by atoms with Gasteiger partial charge in [-0.05, 0) is 38.5 Å². The molecule has 0 aromatic carbocycles. The first kappa shape index (κ1) is 20.3. The van der Waals surface area contributed by atoms with E-state index in [0.717, 1.165) is 50.8 Å².